The van der Waals surface area contributed by atoms with Gasteiger partial charge in [0.05, 0.1) is 0 Å². The second-order valence-corrected chi connectivity index (χ2v) is 3.07. The molecule has 0 aliphatic heterocycles. The maximum absolute atomic E-state index is 8.67. The van der Waals surface area contributed by atoms with E-state index in [1.165, 1.54) is 19.3 Å². The largest absolute Gasteiger partial charge is 0.396 e. The van der Waals surface area contributed by atoms with Crippen LogP contribution in [0.3, 0.4) is 0 Å². The van der Waals surface area contributed by atoms with Gasteiger partial charge in [0.1, 0.15) is 0 Å². The van der Waals surface area contributed by atoms with Crippen molar-refractivity contribution < 1.29 is 5.11 Å². The molecule has 0 spiro atoms. The first-order valence-electron chi connectivity index (χ1n) is 4.11. The number of aliphatic hydroxyl groups excluding tert-OH is 1. The summed E-state index contributed by atoms with van der Waals surface area (Å²) in [6, 6.07) is 0. The van der Waals surface area contributed by atoms with Gasteiger partial charge in [0, 0.05) is 6.61 Å². The number of allylic oxidation sites excluding steroid dienone is 2. The molecule has 1 nitrogen and oxygen atoms in total. The molecule has 1 N–H and O–H groups in total. The van der Waals surface area contributed by atoms with Gasteiger partial charge < -0.3 is 5.11 Å². The summed E-state index contributed by atoms with van der Waals surface area (Å²) in [5, 5.41) is 8.67. The fourth-order valence-corrected chi connectivity index (χ4v) is 1.66. The van der Waals surface area contributed by atoms with Gasteiger partial charge in [-0.3, -0.25) is 0 Å². The molecule has 0 aromatic heterocycles. The maximum Gasteiger partial charge on any atom is 0.0433 e. The Morgan fingerprint density at radius 1 is 1.70 bits per heavy atom. The van der Waals surface area contributed by atoms with Crippen LogP contribution in [-0.4, -0.2) is 11.7 Å². The second-order valence-electron chi connectivity index (χ2n) is 3.07. The van der Waals surface area contributed by atoms with E-state index in [-0.39, 0.29) is 0 Å². The third kappa shape index (κ3) is 1.84. The van der Waals surface area contributed by atoms with Crippen molar-refractivity contribution in [3.63, 3.8) is 0 Å². The van der Waals surface area contributed by atoms with Crippen molar-refractivity contribution in [2.75, 3.05) is 6.61 Å². The van der Waals surface area contributed by atoms with E-state index in [9.17, 15) is 0 Å². The van der Waals surface area contributed by atoms with Gasteiger partial charge in [0.25, 0.3) is 0 Å². The Bertz CT molecular complexity index is 127. The lowest BCUT2D eigenvalue weighted by Gasteiger charge is -2.03. The molecule has 1 unspecified atom stereocenters. The number of hydrogen-bond acceptors (Lipinski definition) is 1. The molecule has 0 amide bonds. The Morgan fingerprint density at radius 3 is 3.00 bits per heavy atom. The van der Waals surface area contributed by atoms with Crippen LogP contribution in [0.5, 0.6) is 0 Å². The van der Waals surface area contributed by atoms with Crippen LogP contribution in [0.4, 0.5) is 0 Å². The standard InChI is InChI=1S/C9H16O/c1-2-8-3-4-9(7-8)5-6-10/h2,9-10H,3-7H2,1H3/b8-2-. The average molecular weight is 140 g/mol. The van der Waals surface area contributed by atoms with E-state index in [1.54, 1.807) is 5.57 Å². The van der Waals surface area contributed by atoms with Gasteiger partial charge in [0.2, 0.25) is 0 Å². The van der Waals surface area contributed by atoms with Crippen LogP contribution in [0.25, 0.3) is 0 Å². The maximum atomic E-state index is 8.67. The molecule has 1 rings (SSSR count). The zero-order valence-electron chi connectivity index (χ0n) is 6.64. The lowest BCUT2D eigenvalue weighted by Crippen LogP contribution is -1.95. The molecular formula is C9H16O. The predicted octanol–water partition coefficient (Wildman–Crippen LogP) is 2.12. The van der Waals surface area contributed by atoms with Crippen LogP contribution in [0.1, 0.15) is 32.6 Å². The lowest BCUT2D eigenvalue weighted by atomic mass is 10.0. The third-order valence-corrected chi connectivity index (χ3v) is 2.37. The first-order chi connectivity index (χ1) is 4.86. The molecule has 58 valence electrons. The summed E-state index contributed by atoms with van der Waals surface area (Å²) >= 11 is 0. The molecule has 1 aliphatic carbocycles. The number of aliphatic hydroxyl groups is 1. The van der Waals surface area contributed by atoms with Crippen LogP contribution in [0, 0.1) is 5.92 Å². The Hall–Kier alpha value is -0.300. The fourth-order valence-electron chi connectivity index (χ4n) is 1.66. The van der Waals surface area contributed by atoms with E-state index in [0.717, 1.165) is 12.3 Å². The molecule has 0 radical (unpaired) electrons. The summed E-state index contributed by atoms with van der Waals surface area (Å²) < 4.78 is 0. The molecule has 10 heavy (non-hydrogen) atoms. The molecule has 1 atom stereocenters. The number of rotatable bonds is 2. The van der Waals surface area contributed by atoms with E-state index in [1.807, 2.05) is 0 Å². The zero-order chi connectivity index (χ0) is 7.40. The highest BCUT2D eigenvalue weighted by atomic mass is 16.3. The molecule has 0 aromatic carbocycles. The normalized spacial score (nSPS) is 29.8. The van der Waals surface area contributed by atoms with Crippen molar-refractivity contribution in [2.45, 2.75) is 32.6 Å². The average Bonchev–Trinajstić information content (AvgIpc) is 2.37. The minimum absolute atomic E-state index is 0.363. The van der Waals surface area contributed by atoms with E-state index in [0.29, 0.717) is 6.61 Å². The topological polar surface area (TPSA) is 20.2 Å². The Morgan fingerprint density at radius 2 is 2.50 bits per heavy atom. The Balaban J connectivity index is 2.29. The smallest absolute Gasteiger partial charge is 0.0433 e. The zero-order valence-corrected chi connectivity index (χ0v) is 6.64. The molecule has 0 saturated heterocycles. The van der Waals surface area contributed by atoms with Crippen LogP contribution in [0.2, 0.25) is 0 Å². The summed E-state index contributed by atoms with van der Waals surface area (Å²) in [7, 11) is 0. The number of hydrogen-bond donors (Lipinski definition) is 1. The van der Waals surface area contributed by atoms with Gasteiger partial charge in [-0.05, 0) is 38.5 Å². The van der Waals surface area contributed by atoms with E-state index in [2.05, 4.69) is 13.0 Å². The Kier molecular flexibility index (Phi) is 2.94. The summed E-state index contributed by atoms with van der Waals surface area (Å²) in [5.41, 5.74) is 1.58. The van der Waals surface area contributed by atoms with Crippen molar-refractivity contribution in [1.82, 2.24) is 0 Å². The summed E-state index contributed by atoms with van der Waals surface area (Å²) in [4.78, 5) is 0. The first-order valence-corrected chi connectivity index (χ1v) is 4.11. The highest BCUT2D eigenvalue weighted by Crippen LogP contribution is 2.31. The predicted molar refractivity (Wildman–Crippen MR) is 42.8 cm³/mol. The molecule has 0 heterocycles. The fraction of sp³-hybridized carbons (Fsp3) is 0.778. The van der Waals surface area contributed by atoms with Gasteiger partial charge in [-0.2, -0.15) is 0 Å². The minimum Gasteiger partial charge on any atom is -0.396 e. The Labute approximate surface area is 62.8 Å². The third-order valence-electron chi connectivity index (χ3n) is 2.37. The van der Waals surface area contributed by atoms with Crippen molar-refractivity contribution in [3.8, 4) is 0 Å². The van der Waals surface area contributed by atoms with Gasteiger partial charge in [-0.15, -0.1) is 0 Å². The monoisotopic (exact) mass is 140 g/mol. The molecule has 0 aromatic rings. The van der Waals surface area contributed by atoms with Crippen molar-refractivity contribution >= 4 is 0 Å². The van der Waals surface area contributed by atoms with Crippen LogP contribution in [0.15, 0.2) is 11.6 Å². The van der Waals surface area contributed by atoms with E-state index >= 15 is 0 Å². The van der Waals surface area contributed by atoms with Gasteiger partial charge >= 0.3 is 0 Å². The summed E-state index contributed by atoms with van der Waals surface area (Å²) in [6.07, 6.45) is 7.01. The molecule has 1 saturated carbocycles. The minimum atomic E-state index is 0.363. The summed E-state index contributed by atoms with van der Waals surface area (Å²) in [5.74, 6) is 0.774. The first kappa shape index (κ1) is 7.80. The summed E-state index contributed by atoms with van der Waals surface area (Å²) in [6.45, 7) is 2.47. The van der Waals surface area contributed by atoms with Crippen LogP contribution >= 0.6 is 0 Å². The quantitative estimate of drug-likeness (QED) is 0.582. The van der Waals surface area contributed by atoms with Gasteiger partial charge in [-0.25, -0.2) is 0 Å². The van der Waals surface area contributed by atoms with Crippen molar-refractivity contribution in [3.05, 3.63) is 11.6 Å². The van der Waals surface area contributed by atoms with Gasteiger partial charge in [-0.1, -0.05) is 11.6 Å². The second kappa shape index (κ2) is 3.77. The van der Waals surface area contributed by atoms with Crippen molar-refractivity contribution in [1.29, 1.82) is 0 Å². The van der Waals surface area contributed by atoms with E-state index in [4.69, 9.17) is 5.11 Å². The van der Waals surface area contributed by atoms with Crippen LogP contribution < -0.4 is 0 Å². The molecular weight excluding hydrogens is 124 g/mol. The van der Waals surface area contributed by atoms with E-state index < -0.39 is 0 Å². The van der Waals surface area contributed by atoms with Crippen LogP contribution in [-0.2, 0) is 0 Å². The molecule has 1 fully saturated rings. The lowest BCUT2D eigenvalue weighted by molar-refractivity contribution is 0.259. The molecule has 1 aliphatic rings. The highest BCUT2D eigenvalue weighted by molar-refractivity contribution is 5.06. The van der Waals surface area contributed by atoms with Crippen molar-refractivity contribution in [2.24, 2.45) is 5.92 Å². The molecule has 0 bridgehead atoms. The SMILES string of the molecule is C/C=C1/CCC(CCO)C1. The highest BCUT2D eigenvalue weighted by Gasteiger charge is 2.17. The van der Waals surface area contributed by atoms with Gasteiger partial charge in [0.15, 0.2) is 0 Å². The molecule has 1 heteroatoms.